The Kier molecular flexibility index (Phi) is 4.87. The van der Waals surface area contributed by atoms with Gasteiger partial charge in [0.15, 0.2) is 0 Å². The van der Waals surface area contributed by atoms with E-state index >= 15 is 0 Å². The van der Waals surface area contributed by atoms with Gasteiger partial charge in [-0.15, -0.1) is 11.6 Å². The lowest BCUT2D eigenvalue weighted by atomic mass is 9.88. The Labute approximate surface area is 120 Å². The van der Waals surface area contributed by atoms with Crippen LogP contribution < -0.4 is 5.32 Å². The standard InChI is InChI=1S/C16H22ClNO/c1-11-6-5-7-12(2)15(11)16(19)18-10-13-8-3-4-9-14(13)17/h5-7,13-14H,3-4,8-10H2,1-2H3,(H,18,19). The molecule has 1 fully saturated rings. The van der Waals surface area contributed by atoms with E-state index in [9.17, 15) is 4.79 Å². The Balaban J connectivity index is 1.97. The maximum Gasteiger partial charge on any atom is 0.251 e. The normalized spacial score (nSPS) is 23.1. The lowest BCUT2D eigenvalue weighted by Gasteiger charge is -2.27. The fraction of sp³-hybridized carbons (Fsp3) is 0.562. The summed E-state index contributed by atoms with van der Waals surface area (Å²) in [6.45, 7) is 4.65. The summed E-state index contributed by atoms with van der Waals surface area (Å²) in [4.78, 5) is 12.3. The molecule has 1 saturated carbocycles. The zero-order valence-electron chi connectivity index (χ0n) is 11.7. The summed E-state index contributed by atoms with van der Waals surface area (Å²) in [7, 11) is 0. The van der Waals surface area contributed by atoms with Crippen molar-refractivity contribution in [1.29, 1.82) is 0 Å². The molecule has 0 heterocycles. The van der Waals surface area contributed by atoms with Crippen LogP contribution in [0.5, 0.6) is 0 Å². The second kappa shape index (κ2) is 6.42. The second-order valence-electron chi connectivity index (χ2n) is 5.54. The number of benzene rings is 1. The van der Waals surface area contributed by atoms with Crippen LogP contribution in [0.15, 0.2) is 18.2 Å². The number of carbonyl (C=O) groups excluding carboxylic acids is 1. The minimum Gasteiger partial charge on any atom is -0.352 e. The van der Waals surface area contributed by atoms with Crippen LogP contribution >= 0.6 is 11.6 Å². The fourth-order valence-corrected chi connectivity index (χ4v) is 3.25. The van der Waals surface area contributed by atoms with E-state index in [1.807, 2.05) is 32.0 Å². The van der Waals surface area contributed by atoms with Crippen molar-refractivity contribution in [3.8, 4) is 0 Å². The number of hydrogen-bond acceptors (Lipinski definition) is 1. The van der Waals surface area contributed by atoms with E-state index in [4.69, 9.17) is 11.6 Å². The molecule has 0 spiro atoms. The van der Waals surface area contributed by atoms with E-state index in [2.05, 4.69) is 5.32 Å². The minimum atomic E-state index is 0.0324. The van der Waals surface area contributed by atoms with Crippen LogP contribution in [0.2, 0.25) is 0 Å². The van der Waals surface area contributed by atoms with Crippen LogP contribution in [0.3, 0.4) is 0 Å². The third kappa shape index (κ3) is 3.50. The molecule has 1 aliphatic rings. The highest BCUT2D eigenvalue weighted by molar-refractivity contribution is 6.20. The maximum atomic E-state index is 12.3. The first-order chi connectivity index (χ1) is 9.09. The molecule has 0 bridgehead atoms. The van der Waals surface area contributed by atoms with Gasteiger partial charge in [0.25, 0.3) is 5.91 Å². The van der Waals surface area contributed by atoms with Crippen LogP contribution in [0.4, 0.5) is 0 Å². The average Bonchev–Trinajstić information content (AvgIpc) is 2.37. The topological polar surface area (TPSA) is 29.1 Å². The SMILES string of the molecule is Cc1cccc(C)c1C(=O)NCC1CCCCC1Cl. The van der Waals surface area contributed by atoms with Crippen LogP contribution in [-0.2, 0) is 0 Å². The Bertz CT molecular complexity index is 438. The minimum absolute atomic E-state index is 0.0324. The van der Waals surface area contributed by atoms with Crippen LogP contribution in [-0.4, -0.2) is 17.8 Å². The van der Waals surface area contributed by atoms with Crippen LogP contribution in [0, 0.1) is 19.8 Å². The van der Waals surface area contributed by atoms with Crippen molar-refractivity contribution in [3.05, 3.63) is 34.9 Å². The quantitative estimate of drug-likeness (QED) is 0.837. The molecule has 1 aliphatic carbocycles. The monoisotopic (exact) mass is 279 g/mol. The predicted octanol–water partition coefficient (Wildman–Crippen LogP) is 3.83. The molecule has 1 aromatic rings. The Morgan fingerprint density at radius 3 is 2.53 bits per heavy atom. The number of aryl methyl sites for hydroxylation is 2. The van der Waals surface area contributed by atoms with Crippen molar-refractivity contribution < 1.29 is 4.79 Å². The number of alkyl halides is 1. The lowest BCUT2D eigenvalue weighted by molar-refractivity contribution is 0.0943. The molecule has 2 atom stereocenters. The summed E-state index contributed by atoms with van der Waals surface area (Å²) >= 11 is 6.32. The van der Waals surface area contributed by atoms with Crippen molar-refractivity contribution in [1.82, 2.24) is 5.32 Å². The molecule has 19 heavy (non-hydrogen) atoms. The van der Waals surface area contributed by atoms with E-state index in [1.54, 1.807) is 0 Å². The molecular weight excluding hydrogens is 258 g/mol. The van der Waals surface area contributed by atoms with Gasteiger partial charge in [-0.2, -0.15) is 0 Å². The van der Waals surface area contributed by atoms with Crippen molar-refractivity contribution in [2.45, 2.75) is 44.9 Å². The van der Waals surface area contributed by atoms with E-state index in [1.165, 1.54) is 12.8 Å². The smallest absolute Gasteiger partial charge is 0.251 e. The molecule has 0 aromatic heterocycles. The van der Waals surface area contributed by atoms with Crippen LogP contribution in [0.1, 0.15) is 47.2 Å². The van der Waals surface area contributed by atoms with Crippen molar-refractivity contribution in [2.24, 2.45) is 5.92 Å². The largest absolute Gasteiger partial charge is 0.352 e. The lowest BCUT2D eigenvalue weighted by Crippen LogP contribution is -2.35. The molecule has 3 heteroatoms. The van der Waals surface area contributed by atoms with Gasteiger partial charge >= 0.3 is 0 Å². The molecule has 0 saturated heterocycles. The molecule has 104 valence electrons. The number of nitrogens with one attached hydrogen (secondary N) is 1. The fourth-order valence-electron chi connectivity index (χ4n) is 2.88. The molecule has 0 radical (unpaired) electrons. The van der Waals surface area contributed by atoms with Gasteiger partial charge in [-0.1, -0.05) is 31.0 Å². The van der Waals surface area contributed by atoms with Crippen molar-refractivity contribution >= 4 is 17.5 Å². The average molecular weight is 280 g/mol. The van der Waals surface area contributed by atoms with Gasteiger partial charge in [-0.25, -0.2) is 0 Å². The van der Waals surface area contributed by atoms with Crippen molar-refractivity contribution in [2.75, 3.05) is 6.54 Å². The Hall–Kier alpha value is -1.02. The number of halogens is 1. The first-order valence-electron chi connectivity index (χ1n) is 7.08. The molecular formula is C16H22ClNO. The van der Waals surface area contributed by atoms with Gasteiger partial charge in [0.2, 0.25) is 0 Å². The molecule has 0 aliphatic heterocycles. The molecule has 1 N–H and O–H groups in total. The highest BCUT2D eigenvalue weighted by Crippen LogP contribution is 2.28. The van der Waals surface area contributed by atoms with Crippen LogP contribution in [0.25, 0.3) is 0 Å². The van der Waals surface area contributed by atoms with E-state index < -0.39 is 0 Å². The molecule has 1 aromatic carbocycles. The van der Waals surface area contributed by atoms with Gasteiger partial charge in [0.1, 0.15) is 0 Å². The summed E-state index contributed by atoms with van der Waals surface area (Å²) in [6, 6.07) is 5.94. The predicted molar refractivity (Wildman–Crippen MR) is 79.8 cm³/mol. The molecule has 2 nitrogen and oxygen atoms in total. The molecule has 2 unspecified atom stereocenters. The zero-order valence-corrected chi connectivity index (χ0v) is 12.5. The Morgan fingerprint density at radius 2 is 1.89 bits per heavy atom. The molecule has 1 amide bonds. The maximum absolute atomic E-state index is 12.3. The van der Waals surface area contributed by atoms with Gasteiger partial charge < -0.3 is 5.32 Å². The van der Waals surface area contributed by atoms with E-state index in [-0.39, 0.29) is 11.3 Å². The summed E-state index contributed by atoms with van der Waals surface area (Å²) in [6.07, 6.45) is 4.65. The van der Waals surface area contributed by atoms with Gasteiger partial charge in [-0.05, 0) is 43.7 Å². The third-order valence-electron chi connectivity index (χ3n) is 4.05. The number of carbonyl (C=O) groups is 1. The van der Waals surface area contributed by atoms with E-state index in [0.29, 0.717) is 12.5 Å². The molecule has 2 rings (SSSR count). The number of rotatable bonds is 3. The number of amides is 1. The second-order valence-corrected chi connectivity index (χ2v) is 6.10. The van der Waals surface area contributed by atoms with Gasteiger partial charge in [0.05, 0.1) is 0 Å². The number of hydrogen-bond donors (Lipinski definition) is 1. The van der Waals surface area contributed by atoms with E-state index in [0.717, 1.165) is 29.5 Å². The first-order valence-corrected chi connectivity index (χ1v) is 7.51. The Morgan fingerprint density at radius 1 is 1.26 bits per heavy atom. The summed E-state index contributed by atoms with van der Waals surface area (Å²) in [5, 5.41) is 3.27. The third-order valence-corrected chi connectivity index (χ3v) is 4.62. The zero-order chi connectivity index (χ0) is 13.8. The summed E-state index contributed by atoms with van der Waals surface area (Å²) < 4.78 is 0. The highest BCUT2D eigenvalue weighted by atomic mass is 35.5. The summed E-state index contributed by atoms with van der Waals surface area (Å²) in [5.41, 5.74) is 2.87. The van der Waals surface area contributed by atoms with Gasteiger partial charge in [0, 0.05) is 17.5 Å². The van der Waals surface area contributed by atoms with Crippen molar-refractivity contribution in [3.63, 3.8) is 0 Å². The van der Waals surface area contributed by atoms with Gasteiger partial charge in [-0.3, -0.25) is 4.79 Å². The first kappa shape index (κ1) is 14.4. The summed E-state index contributed by atoms with van der Waals surface area (Å²) in [5.74, 6) is 0.453. The highest BCUT2D eigenvalue weighted by Gasteiger charge is 2.24.